The van der Waals surface area contributed by atoms with E-state index in [4.69, 9.17) is 23.2 Å². The van der Waals surface area contributed by atoms with Crippen LogP contribution in [0.3, 0.4) is 0 Å². The first-order valence-corrected chi connectivity index (χ1v) is 4.97. The zero-order chi connectivity index (χ0) is 10.0. The van der Waals surface area contributed by atoms with Crippen molar-refractivity contribution in [3.8, 4) is 0 Å². The molecule has 0 radical (unpaired) electrons. The third kappa shape index (κ3) is 2.86. The molecule has 0 aliphatic rings. The Hall–Kier alpha value is -0.250. The molecule has 1 amide bonds. The normalized spacial score (nSPS) is 9.85. The SMILES string of the molecule is CC(=O)Nc1c(Cl)cc(Br)cc1Cl. The lowest BCUT2D eigenvalue weighted by molar-refractivity contribution is -0.114. The molecule has 1 rings (SSSR count). The van der Waals surface area contributed by atoms with Gasteiger partial charge in [0.1, 0.15) is 0 Å². The van der Waals surface area contributed by atoms with Crippen molar-refractivity contribution in [3.63, 3.8) is 0 Å². The van der Waals surface area contributed by atoms with Gasteiger partial charge in [-0.25, -0.2) is 0 Å². The molecule has 0 aromatic heterocycles. The quantitative estimate of drug-likeness (QED) is 0.836. The maximum atomic E-state index is 10.8. The Bertz CT molecular complexity index is 331. The van der Waals surface area contributed by atoms with Gasteiger partial charge in [-0.15, -0.1) is 0 Å². The first-order valence-electron chi connectivity index (χ1n) is 3.43. The topological polar surface area (TPSA) is 29.1 Å². The molecule has 0 saturated heterocycles. The second-order valence-corrected chi connectivity index (χ2v) is 4.16. The van der Waals surface area contributed by atoms with Crippen molar-refractivity contribution in [2.24, 2.45) is 0 Å². The number of hydrogen-bond acceptors (Lipinski definition) is 1. The highest BCUT2D eigenvalue weighted by Crippen LogP contribution is 2.33. The van der Waals surface area contributed by atoms with Gasteiger partial charge in [0, 0.05) is 11.4 Å². The van der Waals surface area contributed by atoms with Crippen molar-refractivity contribution in [1.82, 2.24) is 0 Å². The van der Waals surface area contributed by atoms with Crippen molar-refractivity contribution in [2.45, 2.75) is 6.92 Å². The molecule has 0 atom stereocenters. The lowest BCUT2D eigenvalue weighted by Crippen LogP contribution is -2.06. The number of anilines is 1. The number of halogens is 3. The third-order valence-corrected chi connectivity index (χ3v) is 2.36. The van der Waals surface area contributed by atoms with E-state index >= 15 is 0 Å². The molecule has 5 heteroatoms. The van der Waals surface area contributed by atoms with E-state index in [2.05, 4.69) is 21.2 Å². The summed E-state index contributed by atoms with van der Waals surface area (Å²) in [7, 11) is 0. The summed E-state index contributed by atoms with van der Waals surface area (Å²) in [5.41, 5.74) is 0.444. The standard InChI is InChI=1S/C8H6BrCl2NO/c1-4(13)12-8-6(10)2-5(9)3-7(8)11/h2-3H,1H3,(H,12,13). The fourth-order valence-electron chi connectivity index (χ4n) is 0.838. The third-order valence-electron chi connectivity index (χ3n) is 1.31. The summed E-state index contributed by atoms with van der Waals surface area (Å²) in [6.45, 7) is 1.40. The Labute approximate surface area is 94.3 Å². The van der Waals surface area contributed by atoms with Crippen LogP contribution in [0.5, 0.6) is 0 Å². The number of amides is 1. The molecule has 1 N–H and O–H groups in total. The minimum absolute atomic E-state index is 0.203. The fraction of sp³-hybridized carbons (Fsp3) is 0.125. The van der Waals surface area contributed by atoms with Gasteiger partial charge in [0.25, 0.3) is 0 Å². The Morgan fingerprint density at radius 2 is 1.85 bits per heavy atom. The number of hydrogen-bond donors (Lipinski definition) is 1. The van der Waals surface area contributed by atoms with E-state index < -0.39 is 0 Å². The maximum absolute atomic E-state index is 10.8. The van der Waals surface area contributed by atoms with E-state index in [-0.39, 0.29) is 5.91 Å². The van der Waals surface area contributed by atoms with Gasteiger partial charge in [0.15, 0.2) is 0 Å². The number of carbonyl (C=O) groups excluding carboxylic acids is 1. The lowest BCUT2D eigenvalue weighted by Gasteiger charge is -2.07. The Balaban J connectivity index is 3.13. The van der Waals surface area contributed by atoms with Crippen LogP contribution in [0, 0.1) is 0 Å². The molecule has 0 aliphatic carbocycles. The lowest BCUT2D eigenvalue weighted by atomic mass is 10.3. The summed E-state index contributed by atoms with van der Waals surface area (Å²) < 4.78 is 0.775. The van der Waals surface area contributed by atoms with Gasteiger partial charge in [-0.1, -0.05) is 39.1 Å². The van der Waals surface area contributed by atoms with Crippen molar-refractivity contribution < 1.29 is 4.79 Å². The van der Waals surface area contributed by atoms with Crippen molar-refractivity contribution >= 4 is 50.7 Å². The van der Waals surface area contributed by atoms with E-state index in [9.17, 15) is 4.79 Å². The molecule has 0 aliphatic heterocycles. The molecule has 2 nitrogen and oxygen atoms in total. The molecule has 0 saturated carbocycles. The zero-order valence-corrected chi connectivity index (χ0v) is 9.79. The van der Waals surface area contributed by atoms with Gasteiger partial charge in [-0.05, 0) is 12.1 Å². The number of rotatable bonds is 1. The van der Waals surface area contributed by atoms with Crippen LogP contribution in [0.4, 0.5) is 5.69 Å². The average molecular weight is 283 g/mol. The number of benzene rings is 1. The van der Waals surface area contributed by atoms with Gasteiger partial charge in [-0.3, -0.25) is 4.79 Å². The molecule has 13 heavy (non-hydrogen) atoms. The summed E-state index contributed by atoms with van der Waals surface area (Å²) in [6.07, 6.45) is 0. The first-order chi connectivity index (χ1) is 6.00. The molecular weight excluding hydrogens is 277 g/mol. The monoisotopic (exact) mass is 281 g/mol. The minimum Gasteiger partial charge on any atom is -0.324 e. The molecule has 0 fully saturated rings. The van der Waals surface area contributed by atoms with Gasteiger partial charge < -0.3 is 5.32 Å². The highest BCUT2D eigenvalue weighted by molar-refractivity contribution is 9.10. The van der Waals surface area contributed by atoms with Crippen LogP contribution in [0.1, 0.15) is 6.92 Å². The Morgan fingerprint density at radius 1 is 1.38 bits per heavy atom. The Morgan fingerprint density at radius 3 is 2.23 bits per heavy atom. The van der Waals surface area contributed by atoms with Crippen LogP contribution in [0.15, 0.2) is 16.6 Å². The Kier molecular flexibility index (Phi) is 3.59. The molecule has 0 spiro atoms. The molecule has 1 aromatic rings. The summed E-state index contributed by atoms with van der Waals surface area (Å²) >= 11 is 14.9. The molecular formula is C8H6BrCl2NO. The minimum atomic E-state index is -0.203. The van der Waals surface area contributed by atoms with E-state index in [1.54, 1.807) is 12.1 Å². The van der Waals surface area contributed by atoms with Gasteiger partial charge in [-0.2, -0.15) is 0 Å². The number of carbonyl (C=O) groups is 1. The highest BCUT2D eigenvalue weighted by Gasteiger charge is 2.08. The zero-order valence-electron chi connectivity index (χ0n) is 6.70. The summed E-state index contributed by atoms with van der Waals surface area (Å²) in [6, 6.07) is 3.33. The van der Waals surface area contributed by atoms with Crippen LogP contribution >= 0.6 is 39.1 Å². The van der Waals surface area contributed by atoms with Gasteiger partial charge in [0.2, 0.25) is 5.91 Å². The molecule has 0 heterocycles. The van der Waals surface area contributed by atoms with Crippen molar-refractivity contribution in [2.75, 3.05) is 5.32 Å². The van der Waals surface area contributed by atoms with Crippen LogP contribution in [-0.2, 0) is 4.79 Å². The summed E-state index contributed by atoms with van der Waals surface area (Å²) in [4.78, 5) is 10.8. The van der Waals surface area contributed by atoms with Crippen LogP contribution < -0.4 is 5.32 Å². The van der Waals surface area contributed by atoms with E-state index in [1.807, 2.05) is 0 Å². The summed E-state index contributed by atoms with van der Waals surface area (Å²) in [5.74, 6) is -0.203. The van der Waals surface area contributed by atoms with E-state index in [0.717, 1.165) is 4.47 Å². The van der Waals surface area contributed by atoms with Gasteiger partial charge >= 0.3 is 0 Å². The highest BCUT2D eigenvalue weighted by atomic mass is 79.9. The molecule has 70 valence electrons. The van der Waals surface area contributed by atoms with Crippen LogP contribution in [-0.4, -0.2) is 5.91 Å². The molecule has 0 unspecified atom stereocenters. The van der Waals surface area contributed by atoms with Crippen LogP contribution in [0.25, 0.3) is 0 Å². The molecule has 1 aromatic carbocycles. The fourth-order valence-corrected chi connectivity index (χ4v) is 2.14. The summed E-state index contributed by atoms with van der Waals surface area (Å²) in [5, 5.41) is 3.37. The first kappa shape index (κ1) is 10.8. The number of nitrogens with one attached hydrogen (secondary N) is 1. The largest absolute Gasteiger partial charge is 0.324 e. The van der Waals surface area contributed by atoms with Gasteiger partial charge in [0.05, 0.1) is 15.7 Å². The van der Waals surface area contributed by atoms with E-state index in [1.165, 1.54) is 6.92 Å². The second kappa shape index (κ2) is 4.31. The average Bonchev–Trinajstić information content (AvgIpc) is 1.96. The predicted molar refractivity (Wildman–Crippen MR) is 58.5 cm³/mol. The second-order valence-electron chi connectivity index (χ2n) is 2.43. The molecule has 0 bridgehead atoms. The maximum Gasteiger partial charge on any atom is 0.221 e. The van der Waals surface area contributed by atoms with Crippen molar-refractivity contribution in [1.29, 1.82) is 0 Å². The predicted octanol–water partition coefficient (Wildman–Crippen LogP) is 3.71. The van der Waals surface area contributed by atoms with Crippen molar-refractivity contribution in [3.05, 3.63) is 26.7 Å². The van der Waals surface area contributed by atoms with E-state index in [0.29, 0.717) is 15.7 Å². The van der Waals surface area contributed by atoms with Crippen LogP contribution in [0.2, 0.25) is 10.0 Å². The smallest absolute Gasteiger partial charge is 0.221 e.